The maximum Gasteiger partial charge on any atom is 0.350 e. The number of esters is 1. The SMILES string of the molecule is CCNCC(=O)Nc1ccsc1C(=O)OC. The molecular formula is C10H14N2O3S. The van der Waals surface area contributed by atoms with Crippen LogP contribution < -0.4 is 10.6 Å². The van der Waals surface area contributed by atoms with E-state index in [4.69, 9.17) is 0 Å². The van der Waals surface area contributed by atoms with E-state index in [0.29, 0.717) is 10.6 Å². The molecular weight excluding hydrogens is 228 g/mol. The first-order valence-corrected chi connectivity index (χ1v) is 5.73. The van der Waals surface area contributed by atoms with Gasteiger partial charge in [-0.05, 0) is 18.0 Å². The van der Waals surface area contributed by atoms with Crippen LogP contribution in [0.5, 0.6) is 0 Å². The van der Waals surface area contributed by atoms with Crippen molar-refractivity contribution in [1.82, 2.24) is 5.32 Å². The average Bonchev–Trinajstić information content (AvgIpc) is 2.73. The fourth-order valence-electron chi connectivity index (χ4n) is 1.09. The summed E-state index contributed by atoms with van der Waals surface area (Å²) in [4.78, 5) is 23.1. The van der Waals surface area contributed by atoms with E-state index in [9.17, 15) is 9.59 Å². The van der Waals surface area contributed by atoms with Crippen LogP contribution in [0, 0.1) is 0 Å². The van der Waals surface area contributed by atoms with Gasteiger partial charge < -0.3 is 15.4 Å². The largest absolute Gasteiger partial charge is 0.465 e. The first-order valence-electron chi connectivity index (χ1n) is 4.85. The van der Waals surface area contributed by atoms with Crippen LogP contribution in [0.3, 0.4) is 0 Å². The fourth-order valence-corrected chi connectivity index (χ4v) is 1.86. The van der Waals surface area contributed by atoms with Gasteiger partial charge in [0, 0.05) is 0 Å². The summed E-state index contributed by atoms with van der Waals surface area (Å²) in [5.41, 5.74) is 0.500. The maximum atomic E-state index is 11.4. The third-order valence-electron chi connectivity index (χ3n) is 1.85. The first-order chi connectivity index (χ1) is 7.69. The van der Waals surface area contributed by atoms with Crippen LogP contribution >= 0.6 is 11.3 Å². The number of hydrogen-bond donors (Lipinski definition) is 2. The monoisotopic (exact) mass is 242 g/mol. The number of hydrogen-bond acceptors (Lipinski definition) is 5. The van der Waals surface area contributed by atoms with Crippen molar-refractivity contribution in [2.75, 3.05) is 25.5 Å². The van der Waals surface area contributed by atoms with E-state index in [0.717, 1.165) is 6.54 Å². The molecule has 0 unspecified atom stereocenters. The topological polar surface area (TPSA) is 67.4 Å². The number of rotatable bonds is 5. The highest BCUT2D eigenvalue weighted by Gasteiger charge is 2.14. The minimum absolute atomic E-state index is 0.176. The Labute approximate surface area is 97.8 Å². The van der Waals surface area contributed by atoms with E-state index in [1.807, 2.05) is 6.92 Å². The number of carbonyl (C=O) groups excluding carboxylic acids is 2. The van der Waals surface area contributed by atoms with Crippen molar-refractivity contribution in [3.8, 4) is 0 Å². The Hall–Kier alpha value is -1.40. The Balaban J connectivity index is 2.63. The second-order valence-electron chi connectivity index (χ2n) is 2.98. The second kappa shape index (κ2) is 6.24. The highest BCUT2D eigenvalue weighted by Crippen LogP contribution is 2.22. The molecule has 0 atom stereocenters. The molecule has 1 aromatic rings. The summed E-state index contributed by atoms with van der Waals surface area (Å²) in [6.07, 6.45) is 0. The minimum Gasteiger partial charge on any atom is -0.465 e. The van der Waals surface area contributed by atoms with E-state index < -0.39 is 5.97 Å². The van der Waals surface area contributed by atoms with Gasteiger partial charge in [0.2, 0.25) is 5.91 Å². The predicted octanol–water partition coefficient (Wildman–Crippen LogP) is 1.08. The highest BCUT2D eigenvalue weighted by atomic mass is 32.1. The lowest BCUT2D eigenvalue weighted by Crippen LogP contribution is -2.28. The Bertz CT molecular complexity index is 376. The summed E-state index contributed by atoms with van der Waals surface area (Å²) >= 11 is 1.24. The van der Waals surface area contributed by atoms with Gasteiger partial charge in [0.1, 0.15) is 4.88 Å². The van der Waals surface area contributed by atoms with Gasteiger partial charge in [-0.15, -0.1) is 11.3 Å². The van der Waals surface area contributed by atoms with Crippen LogP contribution in [0.25, 0.3) is 0 Å². The summed E-state index contributed by atoms with van der Waals surface area (Å²) in [5, 5.41) is 7.28. The van der Waals surface area contributed by atoms with Crippen LogP contribution in [0.15, 0.2) is 11.4 Å². The van der Waals surface area contributed by atoms with Crippen molar-refractivity contribution in [1.29, 1.82) is 0 Å². The van der Waals surface area contributed by atoms with Crippen molar-refractivity contribution in [3.63, 3.8) is 0 Å². The number of anilines is 1. The molecule has 1 aromatic heterocycles. The number of nitrogens with one attached hydrogen (secondary N) is 2. The molecule has 16 heavy (non-hydrogen) atoms. The van der Waals surface area contributed by atoms with Gasteiger partial charge in [-0.25, -0.2) is 4.79 Å². The molecule has 0 aliphatic carbocycles. The van der Waals surface area contributed by atoms with E-state index in [1.54, 1.807) is 11.4 Å². The molecule has 0 saturated carbocycles. The van der Waals surface area contributed by atoms with Crippen molar-refractivity contribution in [2.24, 2.45) is 0 Å². The quantitative estimate of drug-likeness (QED) is 0.758. The first kappa shape index (κ1) is 12.7. The summed E-state index contributed by atoms with van der Waals surface area (Å²) in [6.45, 7) is 2.87. The van der Waals surface area contributed by atoms with Gasteiger partial charge in [0.25, 0.3) is 0 Å². The maximum absolute atomic E-state index is 11.4. The molecule has 0 spiro atoms. The van der Waals surface area contributed by atoms with E-state index in [2.05, 4.69) is 15.4 Å². The zero-order valence-corrected chi connectivity index (χ0v) is 10.0. The summed E-state index contributed by atoms with van der Waals surface area (Å²) in [5.74, 6) is -0.612. The third kappa shape index (κ3) is 3.32. The van der Waals surface area contributed by atoms with E-state index in [-0.39, 0.29) is 12.5 Å². The average molecular weight is 242 g/mol. The summed E-state index contributed by atoms with van der Waals surface area (Å²) < 4.78 is 4.60. The smallest absolute Gasteiger partial charge is 0.350 e. The predicted molar refractivity (Wildman–Crippen MR) is 62.8 cm³/mol. The molecule has 88 valence electrons. The molecule has 0 aliphatic heterocycles. The lowest BCUT2D eigenvalue weighted by molar-refractivity contribution is -0.115. The van der Waals surface area contributed by atoms with E-state index >= 15 is 0 Å². The van der Waals surface area contributed by atoms with Crippen LogP contribution in [-0.2, 0) is 9.53 Å². The lowest BCUT2D eigenvalue weighted by Gasteiger charge is -2.05. The molecule has 0 radical (unpaired) electrons. The summed E-state index contributed by atoms with van der Waals surface area (Å²) in [6, 6.07) is 1.68. The van der Waals surface area contributed by atoms with Gasteiger partial charge >= 0.3 is 5.97 Å². The second-order valence-corrected chi connectivity index (χ2v) is 3.90. The normalized spacial score (nSPS) is 9.88. The van der Waals surface area contributed by atoms with Crippen molar-refractivity contribution < 1.29 is 14.3 Å². The Morgan fingerprint density at radius 1 is 1.50 bits per heavy atom. The number of amides is 1. The number of likely N-dealkylation sites (N-methyl/N-ethyl adjacent to an activating group) is 1. The highest BCUT2D eigenvalue weighted by molar-refractivity contribution is 7.12. The number of ether oxygens (including phenoxy) is 1. The van der Waals surface area contributed by atoms with Crippen molar-refractivity contribution >= 4 is 28.9 Å². The molecule has 5 nitrogen and oxygen atoms in total. The molecule has 6 heteroatoms. The zero-order valence-electron chi connectivity index (χ0n) is 9.20. The number of methoxy groups -OCH3 is 1. The van der Waals surface area contributed by atoms with Crippen LogP contribution in [-0.4, -0.2) is 32.1 Å². The molecule has 2 N–H and O–H groups in total. The molecule has 0 bridgehead atoms. The molecule has 1 rings (SSSR count). The molecule has 0 aromatic carbocycles. The molecule has 0 saturated heterocycles. The van der Waals surface area contributed by atoms with Crippen molar-refractivity contribution in [3.05, 3.63) is 16.3 Å². The molecule has 0 fully saturated rings. The lowest BCUT2D eigenvalue weighted by atomic mass is 10.3. The van der Waals surface area contributed by atoms with Gasteiger partial charge in [0.05, 0.1) is 19.3 Å². The Morgan fingerprint density at radius 2 is 2.25 bits per heavy atom. The van der Waals surface area contributed by atoms with Crippen LogP contribution in [0.4, 0.5) is 5.69 Å². The van der Waals surface area contributed by atoms with Crippen LogP contribution in [0.2, 0.25) is 0 Å². The van der Waals surface area contributed by atoms with Gasteiger partial charge in [-0.1, -0.05) is 6.92 Å². The molecule has 1 amide bonds. The van der Waals surface area contributed by atoms with E-state index in [1.165, 1.54) is 18.4 Å². The number of carbonyl (C=O) groups is 2. The molecule has 1 heterocycles. The van der Waals surface area contributed by atoms with Crippen LogP contribution in [0.1, 0.15) is 16.6 Å². The Kier molecular flexibility index (Phi) is 4.94. The summed E-state index contributed by atoms with van der Waals surface area (Å²) in [7, 11) is 1.31. The van der Waals surface area contributed by atoms with Gasteiger partial charge in [-0.3, -0.25) is 4.79 Å². The number of thiophene rings is 1. The standard InChI is InChI=1S/C10H14N2O3S/c1-3-11-6-8(13)12-7-4-5-16-9(7)10(14)15-2/h4-5,11H,3,6H2,1-2H3,(H,12,13). The third-order valence-corrected chi connectivity index (χ3v) is 2.74. The molecule has 0 aliphatic rings. The van der Waals surface area contributed by atoms with Gasteiger partial charge in [-0.2, -0.15) is 0 Å². The zero-order chi connectivity index (χ0) is 12.0. The van der Waals surface area contributed by atoms with Gasteiger partial charge in [0.15, 0.2) is 0 Å². The van der Waals surface area contributed by atoms with Crippen molar-refractivity contribution in [2.45, 2.75) is 6.92 Å². The minimum atomic E-state index is -0.436. The Morgan fingerprint density at radius 3 is 2.88 bits per heavy atom. The fraction of sp³-hybridized carbons (Fsp3) is 0.400.